The standard InChI is InChI=1S/C27H28F3NO3.Ac/c1-15-25-21(20-6-3-7-24(32)22(20)13-23(25)26(33)34-15)11-10-19-9-8-17(14-31-19)16-4-2-5-18(12-16)27(28,29)30;/h2,4-5,8-12,14-15,20-25,32H,3,6-7,13H2,1H3;/b11-10+;/t15-,20?,21+,22?,23?,24?,25?;/m1./s1. The van der Waals surface area contributed by atoms with Crippen LogP contribution < -0.4 is 0 Å². The van der Waals surface area contributed by atoms with Crippen LogP contribution in [0.2, 0.25) is 0 Å². The molecule has 2 saturated carbocycles. The second-order valence-electron chi connectivity index (χ2n) is 9.87. The summed E-state index contributed by atoms with van der Waals surface area (Å²) in [6.07, 6.45) is 4.13. The van der Waals surface area contributed by atoms with Gasteiger partial charge in [-0.1, -0.05) is 30.7 Å². The molecule has 3 fully saturated rings. The summed E-state index contributed by atoms with van der Waals surface area (Å²) in [5, 5.41) is 10.6. The van der Waals surface area contributed by atoms with E-state index in [1.165, 1.54) is 6.07 Å². The number of benzene rings is 1. The Morgan fingerprint density at radius 2 is 1.91 bits per heavy atom. The molecule has 1 N–H and O–H groups in total. The van der Waals surface area contributed by atoms with E-state index < -0.39 is 11.7 Å². The number of aliphatic hydroxyl groups excluding tert-OH is 1. The second-order valence-corrected chi connectivity index (χ2v) is 9.87. The molecule has 0 spiro atoms. The van der Waals surface area contributed by atoms with Crippen LogP contribution in [0.5, 0.6) is 0 Å². The molecule has 1 aliphatic heterocycles. The van der Waals surface area contributed by atoms with Gasteiger partial charge in [-0.2, -0.15) is 13.2 Å². The number of rotatable bonds is 3. The first kappa shape index (κ1) is 26.8. The summed E-state index contributed by atoms with van der Waals surface area (Å²) in [5.74, 6) is 0.233. The number of nitrogens with zero attached hydrogens (tertiary/aromatic N) is 1. The molecule has 3 aliphatic rings. The summed E-state index contributed by atoms with van der Waals surface area (Å²) in [6.45, 7) is 1.95. The van der Waals surface area contributed by atoms with Crippen molar-refractivity contribution < 1.29 is 71.9 Å². The Balaban J connectivity index is 0.00000289. The molecular formula is C27H28AcF3NO3. The van der Waals surface area contributed by atoms with E-state index in [0.29, 0.717) is 29.2 Å². The molecule has 7 atom stereocenters. The molecule has 0 bridgehead atoms. The van der Waals surface area contributed by atoms with E-state index in [-0.39, 0.29) is 85.9 Å². The molecule has 183 valence electrons. The van der Waals surface area contributed by atoms with Crippen LogP contribution in [0.3, 0.4) is 0 Å². The van der Waals surface area contributed by atoms with Crippen LogP contribution in [0.1, 0.15) is 43.9 Å². The molecule has 1 aromatic heterocycles. The van der Waals surface area contributed by atoms with Gasteiger partial charge in [-0.15, -0.1) is 0 Å². The van der Waals surface area contributed by atoms with Crippen molar-refractivity contribution in [2.45, 2.75) is 51.0 Å². The monoisotopic (exact) mass is 698 g/mol. The van der Waals surface area contributed by atoms with Gasteiger partial charge in [-0.25, -0.2) is 0 Å². The number of carbonyl (C=O) groups is 1. The quantitative estimate of drug-likeness (QED) is 0.415. The third-order valence-corrected chi connectivity index (χ3v) is 7.96. The first-order valence-corrected chi connectivity index (χ1v) is 11.9. The Bertz CT molecular complexity index is 1090. The molecule has 2 aliphatic carbocycles. The van der Waals surface area contributed by atoms with Crippen molar-refractivity contribution in [1.29, 1.82) is 0 Å². The molecule has 1 saturated heterocycles. The van der Waals surface area contributed by atoms with Gasteiger partial charge in [-0.05, 0) is 73.8 Å². The van der Waals surface area contributed by atoms with Crippen molar-refractivity contribution in [2.75, 3.05) is 0 Å². The number of cyclic esters (lactones) is 1. The number of hydrogen-bond acceptors (Lipinski definition) is 4. The number of ether oxygens (including phenoxy) is 1. The maximum absolute atomic E-state index is 13.0. The fraction of sp³-hybridized carbons (Fsp3) is 0.481. The molecular weight excluding hydrogens is 670 g/mol. The zero-order chi connectivity index (χ0) is 24.0. The van der Waals surface area contributed by atoms with Crippen LogP contribution in [0.15, 0.2) is 48.7 Å². The topological polar surface area (TPSA) is 59.4 Å². The number of allylic oxidation sites excluding steroid dienone is 1. The second kappa shape index (κ2) is 10.6. The van der Waals surface area contributed by atoms with Crippen LogP contribution in [0.25, 0.3) is 17.2 Å². The molecule has 2 aromatic rings. The van der Waals surface area contributed by atoms with E-state index in [0.717, 1.165) is 31.4 Å². The van der Waals surface area contributed by atoms with Crippen LogP contribution in [0.4, 0.5) is 13.2 Å². The van der Waals surface area contributed by atoms with Gasteiger partial charge in [0.2, 0.25) is 0 Å². The normalized spacial score (nSPS) is 32.5. The van der Waals surface area contributed by atoms with Gasteiger partial charge < -0.3 is 9.84 Å². The van der Waals surface area contributed by atoms with Crippen LogP contribution in [-0.4, -0.2) is 28.3 Å². The summed E-state index contributed by atoms with van der Waals surface area (Å²) in [7, 11) is 0. The first-order valence-electron chi connectivity index (χ1n) is 11.9. The van der Waals surface area contributed by atoms with Gasteiger partial charge >= 0.3 is 12.1 Å². The van der Waals surface area contributed by atoms with Crippen LogP contribution in [-0.2, 0) is 15.7 Å². The minimum absolute atomic E-state index is 0. The van der Waals surface area contributed by atoms with Gasteiger partial charge in [-0.3, -0.25) is 9.78 Å². The van der Waals surface area contributed by atoms with E-state index in [1.54, 1.807) is 24.4 Å². The first-order chi connectivity index (χ1) is 16.2. The average molecular weight is 699 g/mol. The van der Waals surface area contributed by atoms with Crippen molar-refractivity contribution >= 4 is 12.0 Å². The fourth-order valence-electron chi connectivity index (χ4n) is 6.36. The maximum atomic E-state index is 13.0. The van der Waals surface area contributed by atoms with Crippen molar-refractivity contribution in [1.82, 2.24) is 4.98 Å². The van der Waals surface area contributed by atoms with Crippen LogP contribution >= 0.6 is 0 Å². The number of alkyl halides is 3. The summed E-state index contributed by atoms with van der Waals surface area (Å²) in [6, 6.07) is 8.77. The van der Waals surface area contributed by atoms with Gasteiger partial charge in [0.25, 0.3) is 0 Å². The average Bonchev–Trinajstić information content (AvgIpc) is 3.10. The van der Waals surface area contributed by atoms with Gasteiger partial charge in [0, 0.05) is 61.7 Å². The minimum Gasteiger partial charge on any atom is -0.462 e. The molecule has 8 heteroatoms. The Hall–Kier alpha value is -1.23. The predicted octanol–water partition coefficient (Wildman–Crippen LogP) is 5.76. The van der Waals surface area contributed by atoms with Crippen molar-refractivity contribution in [2.24, 2.45) is 29.6 Å². The summed E-state index contributed by atoms with van der Waals surface area (Å²) in [4.78, 5) is 16.9. The number of carbonyl (C=O) groups excluding carboxylic acids is 1. The molecule has 1 aromatic carbocycles. The van der Waals surface area contributed by atoms with Gasteiger partial charge in [0.05, 0.1) is 23.3 Å². The Labute approximate surface area is 238 Å². The Morgan fingerprint density at radius 1 is 1.11 bits per heavy atom. The summed E-state index contributed by atoms with van der Waals surface area (Å²) >= 11 is 0. The van der Waals surface area contributed by atoms with Crippen molar-refractivity contribution in [3.05, 3.63) is 59.9 Å². The smallest absolute Gasteiger partial charge is 0.416 e. The van der Waals surface area contributed by atoms with Crippen molar-refractivity contribution in [3.8, 4) is 11.1 Å². The number of aromatic nitrogens is 1. The molecule has 5 rings (SSSR count). The van der Waals surface area contributed by atoms with E-state index in [9.17, 15) is 23.1 Å². The maximum Gasteiger partial charge on any atom is 0.416 e. The van der Waals surface area contributed by atoms with Crippen LogP contribution in [0, 0.1) is 73.7 Å². The summed E-state index contributed by atoms with van der Waals surface area (Å²) in [5.41, 5.74) is 1.08. The molecule has 2 heterocycles. The third kappa shape index (κ3) is 5.40. The molecule has 4 nitrogen and oxygen atoms in total. The summed E-state index contributed by atoms with van der Waals surface area (Å²) < 4.78 is 44.7. The third-order valence-electron chi connectivity index (χ3n) is 7.96. The Kier molecular flexibility index (Phi) is 8.15. The molecule has 35 heavy (non-hydrogen) atoms. The van der Waals surface area contributed by atoms with E-state index in [1.807, 2.05) is 13.0 Å². The number of aliphatic hydroxyl groups is 1. The zero-order valence-electron chi connectivity index (χ0n) is 19.5. The number of halogens is 3. The minimum atomic E-state index is -4.39. The van der Waals surface area contributed by atoms with Gasteiger partial charge in [0.15, 0.2) is 0 Å². The van der Waals surface area contributed by atoms with Gasteiger partial charge in [0.1, 0.15) is 6.10 Å². The van der Waals surface area contributed by atoms with E-state index in [4.69, 9.17) is 4.74 Å². The number of hydrogen-bond donors (Lipinski definition) is 1. The van der Waals surface area contributed by atoms with E-state index >= 15 is 0 Å². The predicted molar refractivity (Wildman–Crippen MR) is 121 cm³/mol. The molecule has 0 amide bonds. The van der Waals surface area contributed by atoms with E-state index in [2.05, 4.69) is 11.1 Å². The number of fused-ring (bicyclic) bond motifs is 2. The van der Waals surface area contributed by atoms with Crippen molar-refractivity contribution in [3.63, 3.8) is 0 Å². The largest absolute Gasteiger partial charge is 0.462 e. The number of pyridine rings is 1. The SMILES string of the molecule is C[C@H]1OC(=O)C2CC3C(O)CCCC3[C@H](/C=C/c3ccc(-c4cccc(C(F)(F)F)c4)cn3)C21.[Ac]. The molecule has 1 radical (unpaired) electrons. The number of esters is 1. The molecule has 5 unspecified atom stereocenters. The zero-order valence-corrected chi connectivity index (χ0v) is 24.2. The fourth-order valence-corrected chi connectivity index (χ4v) is 6.36. The Morgan fingerprint density at radius 3 is 2.63 bits per heavy atom.